The third kappa shape index (κ3) is 6.92. The Morgan fingerprint density at radius 2 is 1.74 bits per heavy atom. The van der Waals surface area contributed by atoms with Crippen LogP contribution in [-0.4, -0.2) is 61.5 Å². The second-order valence-corrected chi connectivity index (χ2v) is 6.47. The molecule has 0 radical (unpaired) electrons. The smallest absolute Gasteiger partial charge is 0.236 e. The molecule has 1 aliphatic rings. The first-order chi connectivity index (χ1) is 8.99. The van der Waals surface area contributed by atoms with Gasteiger partial charge in [-0.25, -0.2) is 0 Å². The molecule has 4 nitrogen and oxygen atoms in total. The van der Waals surface area contributed by atoms with Crippen molar-refractivity contribution < 1.29 is 4.79 Å². The van der Waals surface area contributed by atoms with E-state index in [0.29, 0.717) is 24.3 Å². The van der Waals surface area contributed by atoms with Crippen molar-refractivity contribution in [3.63, 3.8) is 0 Å². The first-order valence-corrected chi connectivity index (χ1v) is 7.70. The van der Waals surface area contributed by atoms with Crippen molar-refractivity contribution in [1.82, 2.24) is 15.1 Å². The standard InChI is InChI=1S/C15H31N3O/c1-13(2)10-18(11-14(3)4)15(19)12-17-8-5-6-16-7-9-17/h13-14,16H,5-12H2,1-4H3. The zero-order valence-electron chi connectivity index (χ0n) is 13.1. The molecular formula is C15H31N3O. The lowest BCUT2D eigenvalue weighted by molar-refractivity contribution is -0.133. The third-order valence-corrected chi connectivity index (χ3v) is 3.32. The molecule has 1 heterocycles. The zero-order chi connectivity index (χ0) is 14.3. The number of hydrogen-bond donors (Lipinski definition) is 1. The predicted molar refractivity (Wildman–Crippen MR) is 80.2 cm³/mol. The van der Waals surface area contributed by atoms with E-state index in [1.807, 2.05) is 4.90 Å². The van der Waals surface area contributed by atoms with Gasteiger partial charge in [0.05, 0.1) is 6.54 Å². The normalized spacial score (nSPS) is 17.8. The first kappa shape index (κ1) is 16.4. The number of rotatable bonds is 6. The van der Waals surface area contributed by atoms with Gasteiger partial charge in [0.1, 0.15) is 0 Å². The van der Waals surface area contributed by atoms with Crippen molar-refractivity contribution in [3.8, 4) is 0 Å². The summed E-state index contributed by atoms with van der Waals surface area (Å²) in [5.41, 5.74) is 0. The van der Waals surface area contributed by atoms with E-state index < -0.39 is 0 Å². The molecule has 0 aromatic rings. The van der Waals surface area contributed by atoms with E-state index in [-0.39, 0.29) is 0 Å². The fourth-order valence-corrected chi connectivity index (χ4v) is 2.51. The van der Waals surface area contributed by atoms with Crippen LogP contribution in [0.3, 0.4) is 0 Å². The zero-order valence-corrected chi connectivity index (χ0v) is 13.1. The largest absolute Gasteiger partial charge is 0.341 e. The maximum absolute atomic E-state index is 12.5. The van der Waals surface area contributed by atoms with E-state index in [9.17, 15) is 4.79 Å². The predicted octanol–water partition coefficient (Wildman–Crippen LogP) is 1.42. The molecule has 0 unspecified atom stereocenters. The average molecular weight is 269 g/mol. The van der Waals surface area contributed by atoms with Crippen molar-refractivity contribution in [2.75, 3.05) is 45.8 Å². The molecule has 1 aliphatic heterocycles. The monoisotopic (exact) mass is 269 g/mol. The molecule has 1 rings (SSSR count). The minimum atomic E-state index is 0.296. The first-order valence-electron chi connectivity index (χ1n) is 7.70. The summed E-state index contributed by atoms with van der Waals surface area (Å²) in [6.07, 6.45) is 1.14. The average Bonchev–Trinajstić information content (AvgIpc) is 2.55. The van der Waals surface area contributed by atoms with Crippen molar-refractivity contribution in [1.29, 1.82) is 0 Å². The third-order valence-electron chi connectivity index (χ3n) is 3.32. The summed E-state index contributed by atoms with van der Waals surface area (Å²) >= 11 is 0. The molecule has 0 atom stereocenters. The Labute approximate surface area is 118 Å². The van der Waals surface area contributed by atoms with Gasteiger partial charge in [-0.15, -0.1) is 0 Å². The van der Waals surface area contributed by atoms with Gasteiger partial charge in [-0.2, -0.15) is 0 Å². The fourth-order valence-electron chi connectivity index (χ4n) is 2.51. The van der Waals surface area contributed by atoms with Crippen LogP contribution in [0.15, 0.2) is 0 Å². The van der Waals surface area contributed by atoms with Crippen LogP contribution in [0.4, 0.5) is 0 Å². The summed E-state index contributed by atoms with van der Waals surface area (Å²) in [6, 6.07) is 0. The molecule has 19 heavy (non-hydrogen) atoms. The van der Waals surface area contributed by atoms with Crippen LogP contribution >= 0.6 is 0 Å². The highest BCUT2D eigenvalue weighted by molar-refractivity contribution is 5.78. The molecule has 0 aromatic carbocycles. The maximum atomic E-state index is 12.5. The van der Waals surface area contributed by atoms with Crippen molar-refractivity contribution >= 4 is 5.91 Å². The van der Waals surface area contributed by atoms with E-state index >= 15 is 0 Å². The SMILES string of the molecule is CC(C)CN(CC(C)C)C(=O)CN1CCCNCC1. The number of carbonyl (C=O) groups excluding carboxylic acids is 1. The Morgan fingerprint density at radius 3 is 2.32 bits per heavy atom. The lowest BCUT2D eigenvalue weighted by Gasteiger charge is -2.29. The highest BCUT2D eigenvalue weighted by Crippen LogP contribution is 2.06. The second kappa shape index (κ2) is 8.54. The minimum absolute atomic E-state index is 0.296. The molecular weight excluding hydrogens is 238 g/mol. The second-order valence-electron chi connectivity index (χ2n) is 6.47. The van der Waals surface area contributed by atoms with Crippen molar-refractivity contribution in [3.05, 3.63) is 0 Å². The molecule has 0 saturated carbocycles. The summed E-state index contributed by atoms with van der Waals surface area (Å²) in [5, 5.41) is 3.38. The molecule has 1 saturated heterocycles. The Morgan fingerprint density at radius 1 is 1.11 bits per heavy atom. The van der Waals surface area contributed by atoms with Crippen LogP contribution in [-0.2, 0) is 4.79 Å². The highest BCUT2D eigenvalue weighted by Gasteiger charge is 2.19. The molecule has 4 heteroatoms. The van der Waals surface area contributed by atoms with Gasteiger partial charge in [-0.1, -0.05) is 27.7 Å². The lowest BCUT2D eigenvalue weighted by atomic mass is 10.1. The number of nitrogens with one attached hydrogen (secondary N) is 1. The number of amides is 1. The van der Waals surface area contributed by atoms with Crippen LogP contribution in [0.5, 0.6) is 0 Å². The van der Waals surface area contributed by atoms with Gasteiger partial charge in [-0.05, 0) is 31.3 Å². The fraction of sp³-hybridized carbons (Fsp3) is 0.933. The number of hydrogen-bond acceptors (Lipinski definition) is 3. The summed E-state index contributed by atoms with van der Waals surface area (Å²) in [5.74, 6) is 1.37. The summed E-state index contributed by atoms with van der Waals surface area (Å²) in [7, 11) is 0. The molecule has 1 fully saturated rings. The van der Waals surface area contributed by atoms with Crippen LogP contribution in [0.2, 0.25) is 0 Å². The van der Waals surface area contributed by atoms with Crippen LogP contribution in [0, 0.1) is 11.8 Å². The van der Waals surface area contributed by atoms with Gasteiger partial charge in [0, 0.05) is 26.2 Å². The highest BCUT2D eigenvalue weighted by atomic mass is 16.2. The van der Waals surface area contributed by atoms with Gasteiger partial charge in [0.15, 0.2) is 0 Å². The van der Waals surface area contributed by atoms with Crippen LogP contribution in [0.1, 0.15) is 34.1 Å². The summed E-state index contributed by atoms with van der Waals surface area (Å²) < 4.78 is 0. The quantitative estimate of drug-likeness (QED) is 0.792. The number of nitrogens with zero attached hydrogens (tertiary/aromatic N) is 2. The molecule has 0 aromatic heterocycles. The molecule has 1 N–H and O–H groups in total. The van der Waals surface area contributed by atoms with Crippen molar-refractivity contribution in [2.45, 2.75) is 34.1 Å². The molecule has 0 bridgehead atoms. The van der Waals surface area contributed by atoms with Gasteiger partial charge in [0.25, 0.3) is 0 Å². The summed E-state index contributed by atoms with van der Waals surface area (Å²) in [6.45, 7) is 15.2. The Kier molecular flexibility index (Phi) is 7.39. The van der Waals surface area contributed by atoms with Crippen LogP contribution in [0.25, 0.3) is 0 Å². The topological polar surface area (TPSA) is 35.6 Å². The van der Waals surface area contributed by atoms with E-state index in [1.54, 1.807) is 0 Å². The van der Waals surface area contributed by atoms with E-state index in [0.717, 1.165) is 45.7 Å². The van der Waals surface area contributed by atoms with Gasteiger partial charge in [0.2, 0.25) is 5.91 Å². The summed E-state index contributed by atoms with van der Waals surface area (Å²) in [4.78, 5) is 16.8. The molecule has 0 aliphatic carbocycles. The molecule has 0 spiro atoms. The Bertz CT molecular complexity index is 248. The lowest BCUT2D eigenvalue weighted by Crippen LogP contribution is -2.44. The van der Waals surface area contributed by atoms with Gasteiger partial charge < -0.3 is 10.2 Å². The van der Waals surface area contributed by atoms with Crippen LogP contribution < -0.4 is 5.32 Å². The van der Waals surface area contributed by atoms with E-state index in [1.165, 1.54) is 0 Å². The molecule has 112 valence electrons. The number of carbonyl (C=O) groups is 1. The van der Waals surface area contributed by atoms with E-state index in [2.05, 4.69) is 37.9 Å². The minimum Gasteiger partial charge on any atom is -0.341 e. The van der Waals surface area contributed by atoms with E-state index in [4.69, 9.17) is 0 Å². The Hall–Kier alpha value is -0.610. The Balaban J connectivity index is 2.49. The maximum Gasteiger partial charge on any atom is 0.236 e. The van der Waals surface area contributed by atoms with Crippen molar-refractivity contribution in [2.24, 2.45) is 11.8 Å². The van der Waals surface area contributed by atoms with Gasteiger partial charge >= 0.3 is 0 Å². The van der Waals surface area contributed by atoms with Gasteiger partial charge in [-0.3, -0.25) is 9.69 Å². The molecule has 1 amide bonds.